The molecule has 0 aliphatic heterocycles. The van der Waals surface area contributed by atoms with Crippen molar-refractivity contribution in [2.45, 2.75) is 6.92 Å². The van der Waals surface area contributed by atoms with Crippen molar-refractivity contribution in [1.82, 2.24) is 5.32 Å². The maximum atomic E-state index is 12.0. The first-order chi connectivity index (χ1) is 11.1. The van der Waals surface area contributed by atoms with Gasteiger partial charge in [0.1, 0.15) is 0 Å². The van der Waals surface area contributed by atoms with Crippen molar-refractivity contribution < 1.29 is 9.59 Å². The van der Waals surface area contributed by atoms with Gasteiger partial charge in [0.05, 0.1) is 12.1 Å². The maximum absolute atomic E-state index is 12.0. The van der Waals surface area contributed by atoms with Crippen LogP contribution in [0, 0.1) is 11.8 Å². The number of amides is 2. The van der Waals surface area contributed by atoms with Crippen molar-refractivity contribution in [3.8, 4) is 11.8 Å². The highest BCUT2D eigenvalue weighted by Crippen LogP contribution is 2.15. The normalized spacial score (nSPS) is 9.48. The van der Waals surface area contributed by atoms with Crippen LogP contribution >= 0.6 is 15.9 Å². The van der Waals surface area contributed by atoms with E-state index in [0.29, 0.717) is 5.56 Å². The minimum absolute atomic E-state index is 0.112. The van der Waals surface area contributed by atoms with Crippen LogP contribution in [0.2, 0.25) is 0 Å². The fraction of sp³-hybridized carbons (Fsp3) is 0.111. The fourth-order valence-corrected chi connectivity index (χ4v) is 2.32. The number of hydrogen-bond acceptors (Lipinski definition) is 2. The van der Waals surface area contributed by atoms with Crippen molar-refractivity contribution >= 4 is 33.4 Å². The first kappa shape index (κ1) is 16.8. The van der Waals surface area contributed by atoms with Crippen LogP contribution in [0.5, 0.6) is 0 Å². The summed E-state index contributed by atoms with van der Waals surface area (Å²) in [6, 6.07) is 14.4. The Balaban J connectivity index is 1.89. The summed E-state index contributed by atoms with van der Waals surface area (Å²) < 4.78 is 0.749. The zero-order valence-corrected chi connectivity index (χ0v) is 14.1. The molecule has 0 saturated heterocycles. The molecule has 5 heteroatoms. The molecule has 0 aromatic heterocycles. The molecule has 2 amide bonds. The third-order valence-corrected chi connectivity index (χ3v) is 3.59. The second-order valence-corrected chi connectivity index (χ2v) is 5.58. The molecular weight excluding hydrogens is 356 g/mol. The van der Waals surface area contributed by atoms with E-state index in [1.165, 1.54) is 6.92 Å². The molecule has 4 nitrogen and oxygen atoms in total. The van der Waals surface area contributed by atoms with Crippen LogP contribution in [0.4, 0.5) is 5.69 Å². The monoisotopic (exact) mass is 370 g/mol. The molecule has 0 aliphatic rings. The van der Waals surface area contributed by atoms with E-state index in [2.05, 4.69) is 38.4 Å². The third kappa shape index (κ3) is 5.28. The standard InChI is InChI=1S/C18H15BrN2O2/c1-13(22)21-15-10-8-14(9-11-15)5-4-12-20-18(23)16-6-2-3-7-17(16)19/h2-3,6-11H,12H2,1H3,(H,20,23)(H,21,22). The molecule has 23 heavy (non-hydrogen) atoms. The average molecular weight is 371 g/mol. The Bertz CT molecular complexity index is 774. The largest absolute Gasteiger partial charge is 0.341 e. The topological polar surface area (TPSA) is 58.2 Å². The summed E-state index contributed by atoms with van der Waals surface area (Å²) in [6.45, 7) is 1.72. The molecule has 2 aromatic carbocycles. The lowest BCUT2D eigenvalue weighted by Crippen LogP contribution is -2.23. The quantitative estimate of drug-likeness (QED) is 0.815. The minimum atomic E-state index is -0.173. The molecule has 0 spiro atoms. The fourth-order valence-electron chi connectivity index (χ4n) is 1.85. The molecule has 0 heterocycles. The van der Waals surface area contributed by atoms with E-state index >= 15 is 0 Å². The Morgan fingerprint density at radius 1 is 1.09 bits per heavy atom. The third-order valence-electron chi connectivity index (χ3n) is 2.89. The Kier molecular flexibility index (Phi) is 5.95. The molecule has 0 aliphatic carbocycles. The summed E-state index contributed by atoms with van der Waals surface area (Å²) >= 11 is 3.34. The molecule has 0 radical (unpaired) electrons. The molecular formula is C18H15BrN2O2. The molecule has 2 rings (SSSR count). The van der Waals surface area contributed by atoms with E-state index < -0.39 is 0 Å². The Morgan fingerprint density at radius 2 is 1.78 bits per heavy atom. The number of carbonyl (C=O) groups is 2. The van der Waals surface area contributed by atoms with Gasteiger partial charge in [-0.25, -0.2) is 0 Å². The Morgan fingerprint density at radius 3 is 2.43 bits per heavy atom. The van der Waals surface area contributed by atoms with E-state index in [4.69, 9.17) is 0 Å². The van der Waals surface area contributed by atoms with Crippen molar-refractivity contribution in [2.75, 3.05) is 11.9 Å². The van der Waals surface area contributed by atoms with Crippen molar-refractivity contribution in [3.05, 3.63) is 64.1 Å². The summed E-state index contributed by atoms with van der Waals surface area (Å²) in [4.78, 5) is 22.9. The first-order valence-corrected chi connectivity index (χ1v) is 7.75. The van der Waals surface area contributed by atoms with Crippen LogP contribution in [0.25, 0.3) is 0 Å². The second-order valence-electron chi connectivity index (χ2n) is 4.72. The number of hydrogen-bond donors (Lipinski definition) is 2. The second kappa shape index (κ2) is 8.16. The maximum Gasteiger partial charge on any atom is 0.253 e. The van der Waals surface area contributed by atoms with Gasteiger partial charge >= 0.3 is 0 Å². The van der Waals surface area contributed by atoms with Gasteiger partial charge in [0.2, 0.25) is 5.91 Å². The number of nitrogens with one attached hydrogen (secondary N) is 2. The lowest BCUT2D eigenvalue weighted by Gasteiger charge is -2.03. The molecule has 116 valence electrons. The number of rotatable bonds is 3. The van der Waals surface area contributed by atoms with Crippen LogP contribution in [-0.4, -0.2) is 18.4 Å². The first-order valence-electron chi connectivity index (χ1n) is 6.95. The zero-order valence-electron chi connectivity index (χ0n) is 12.5. The molecule has 0 saturated carbocycles. The Hall–Kier alpha value is -2.58. The van der Waals surface area contributed by atoms with Crippen LogP contribution in [0.1, 0.15) is 22.8 Å². The SMILES string of the molecule is CC(=O)Nc1ccc(C#CCNC(=O)c2ccccc2Br)cc1. The van der Waals surface area contributed by atoms with Gasteiger partial charge in [-0.3, -0.25) is 9.59 Å². The van der Waals surface area contributed by atoms with Crippen molar-refractivity contribution in [2.24, 2.45) is 0 Å². The predicted octanol–water partition coefficient (Wildman–Crippen LogP) is 3.19. The van der Waals surface area contributed by atoms with Crippen LogP contribution < -0.4 is 10.6 Å². The summed E-state index contributed by atoms with van der Waals surface area (Å²) in [5.41, 5.74) is 2.12. The molecule has 0 fully saturated rings. The Labute approximate surface area is 143 Å². The predicted molar refractivity (Wildman–Crippen MR) is 94.1 cm³/mol. The molecule has 0 atom stereocenters. The van der Waals surface area contributed by atoms with E-state index in [1.807, 2.05) is 30.3 Å². The zero-order chi connectivity index (χ0) is 16.7. The van der Waals surface area contributed by atoms with E-state index in [-0.39, 0.29) is 18.4 Å². The van der Waals surface area contributed by atoms with Gasteiger partial charge in [0.25, 0.3) is 5.91 Å². The summed E-state index contributed by atoms with van der Waals surface area (Å²) in [5, 5.41) is 5.44. The lowest BCUT2D eigenvalue weighted by molar-refractivity contribution is -0.114. The highest BCUT2D eigenvalue weighted by Gasteiger charge is 2.06. The summed E-state index contributed by atoms with van der Waals surface area (Å²) in [5.74, 6) is 5.57. The van der Waals surface area contributed by atoms with E-state index in [0.717, 1.165) is 15.7 Å². The summed E-state index contributed by atoms with van der Waals surface area (Å²) in [6.07, 6.45) is 0. The number of halogens is 1. The highest BCUT2D eigenvalue weighted by atomic mass is 79.9. The van der Waals surface area contributed by atoms with Crippen LogP contribution in [-0.2, 0) is 4.79 Å². The van der Waals surface area contributed by atoms with Crippen LogP contribution in [0.15, 0.2) is 53.0 Å². The number of benzene rings is 2. The van der Waals surface area contributed by atoms with E-state index in [9.17, 15) is 9.59 Å². The molecule has 2 N–H and O–H groups in total. The van der Waals surface area contributed by atoms with Gasteiger partial charge in [-0.05, 0) is 52.3 Å². The van der Waals surface area contributed by atoms with Crippen molar-refractivity contribution in [1.29, 1.82) is 0 Å². The minimum Gasteiger partial charge on any atom is -0.341 e. The molecule has 0 bridgehead atoms. The highest BCUT2D eigenvalue weighted by molar-refractivity contribution is 9.10. The lowest BCUT2D eigenvalue weighted by atomic mass is 10.2. The van der Waals surface area contributed by atoms with Gasteiger partial charge < -0.3 is 10.6 Å². The van der Waals surface area contributed by atoms with Gasteiger partial charge in [-0.15, -0.1) is 0 Å². The van der Waals surface area contributed by atoms with Gasteiger partial charge in [-0.2, -0.15) is 0 Å². The van der Waals surface area contributed by atoms with Gasteiger partial charge in [-0.1, -0.05) is 24.0 Å². The van der Waals surface area contributed by atoms with Gasteiger partial charge in [0.15, 0.2) is 0 Å². The van der Waals surface area contributed by atoms with Gasteiger partial charge in [0, 0.05) is 22.6 Å². The number of anilines is 1. The smallest absolute Gasteiger partial charge is 0.253 e. The molecule has 2 aromatic rings. The number of carbonyl (C=O) groups excluding carboxylic acids is 2. The van der Waals surface area contributed by atoms with E-state index in [1.54, 1.807) is 18.2 Å². The van der Waals surface area contributed by atoms with Crippen LogP contribution in [0.3, 0.4) is 0 Å². The summed E-state index contributed by atoms with van der Waals surface area (Å²) in [7, 11) is 0. The average Bonchev–Trinajstić information content (AvgIpc) is 2.53. The van der Waals surface area contributed by atoms with Crippen molar-refractivity contribution in [3.63, 3.8) is 0 Å². The molecule has 0 unspecified atom stereocenters.